The lowest BCUT2D eigenvalue weighted by atomic mass is 9.92. The number of carbonyl (C=O) groups excluding carboxylic acids is 3. The molecule has 0 aromatic heterocycles. The van der Waals surface area contributed by atoms with E-state index in [1.54, 1.807) is 14.7 Å². The second kappa shape index (κ2) is 14.5. The Hall–Kier alpha value is -3.55. The first kappa shape index (κ1) is 34.3. The number of nitrogens with zero attached hydrogens (tertiary/aromatic N) is 4. The lowest BCUT2D eigenvalue weighted by Crippen LogP contribution is -2.55. The van der Waals surface area contributed by atoms with Crippen molar-refractivity contribution >= 4 is 35.1 Å². The second-order valence-electron chi connectivity index (χ2n) is 13.2. The molecule has 6 rings (SSSR count). The molecule has 0 saturated carbocycles. The van der Waals surface area contributed by atoms with Gasteiger partial charge < -0.3 is 30.4 Å². The number of piperidine rings is 2. The number of anilines is 1. The first-order valence-corrected chi connectivity index (χ1v) is 17.1. The number of phenolic OH excluding ortho intramolecular Hbond substituents is 1. The van der Waals surface area contributed by atoms with Gasteiger partial charge >= 0.3 is 12.2 Å². The van der Waals surface area contributed by atoms with Crippen molar-refractivity contribution in [3.8, 4) is 5.75 Å². The van der Waals surface area contributed by atoms with Crippen LogP contribution in [0.2, 0.25) is 5.02 Å². The van der Waals surface area contributed by atoms with Gasteiger partial charge in [0.15, 0.2) is 0 Å². The van der Waals surface area contributed by atoms with Crippen LogP contribution in [0, 0.1) is 5.92 Å². The molecule has 260 valence electrons. The molecule has 0 spiro atoms. The number of halogens is 4. The van der Waals surface area contributed by atoms with E-state index in [-0.39, 0.29) is 42.3 Å². The van der Waals surface area contributed by atoms with Gasteiger partial charge in [-0.25, -0.2) is 4.79 Å². The average Bonchev–Trinajstić information content (AvgIpc) is 3.09. The van der Waals surface area contributed by atoms with E-state index in [4.69, 9.17) is 11.6 Å². The van der Waals surface area contributed by atoms with E-state index < -0.39 is 28.4 Å². The summed E-state index contributed by atoms with van der Waals surface area (Å²) in [5, 5.41) is 15.9. The van der Waals surface area contributed by atoms with Crippen molar-refractivity contribution in [2.45, 2.75) is 63.3 Å². The van der Waals surface area contributed by atoms with Crippen LogP contribution >= 0.6 is 11.6 Å². The Morgan fingerprint density at radius 3 is 2.31 bits per heavy atom. The summed E-state index contributed by atoms with van der Waals surface area (Å²) in [6, 6.07) is 9.92. The monoisotopic (exact) mass is 690 g/mol. The number of alkyl halides is 3. The van der Waals surface area contributed by atoms with E-state index in [9.17, 15) is 32.7 Å². The van der Waals surface area contributed by atoms with Crippen molar-refractivity contribution in [1.82, 2.24) is 24.9 Å². The van der Waals surface area contributed by atoms with Gasteiger partial charge in [0.25, 0.3) is 0 Å². The summed E-state index contributed by atoms with van der Waals surface area (Å²) in [6.45, 7) is 5.54. The predicted molar refractivity (Wildman–Crippen MR) is 175 cm³/mol. The first-order chi connectivity index (χ1) is 23.0. The van der Waals surface area contributed by atoms with E-state index in [1.165, 1.54) is 6.07 Å². The highest BCUT2D eigenvalue weighted by molar-refractivity contribution is 6.32. The number of nitrogens with one attached hydrogen (secondary N) is 2. The fraction of sp³-hybridized carbons (Fsp3) is 0.559. The van der Waals surface area contributed by atoms with E-state index >= 15 is 0 Å². The van der Waals surface area contributed by atoms with E-state index in [0.717, 1.165) is 43.2 Å². The van der Waals surface area contributed by atoms with Crippen molar-refractivity contribution in [2.75, 3.05) is 57.7 Å². The maximum Gasteiger partial charge on any atom is 0.420 e. The highest BCUT2D eigenvalue weighted by atomic mass is 35.5. The minimum absolute atomic E-state index is 0.0593. The van der Waals surface area contributed by atoms with Gasteiger partial charge in [-0.2, -0.15) is 13.2 Å². The highest BCUT2D eigenvalue weighted by Crippen LogP contribution is 2.41. The molecule has 3 N–H and O–H groups in total. The van der Waals surface area contributed by atoms with Crippen molar-refractivity contribution in [1.29, 1.82) is 0 Å². The van der Waals surface area contributed by atoms with Gasteiger partial charge in [-0.05, 0) is 74.5 Å². The Morgan fingerprint density at radius 2 is 1.62 bits per heavy atom. The van der Waals surface area contributed by atoms with Crippen molar-refractivity contribution in [3.05, 3.63) is 58.1 Å². The van der Waals surface area contributed by atoms with Crippen LogP contribution in [0.5, 0.6) is 5.75 Å². The van der Waals surface area contributed by atoms with Crippen molar-refractivity contribution in [3.63, 3.8) is 0 Å². The van der Waals surface area contributed by atoms with Gasteiger partial charge in [-0.3, -0.25) is 14.5 Å². The van der Waals surface area contributed by atoms with Crippen LogP contribution < -0.4 is 10.6 Å². The van der Waals surface area contributed by atoms with Gasteiger partial charge in [0.2, 0.25) is 11.8 Å². The number of benzene rings is 2. The molecule has 0 aliphatic carbocycles. The zero-order valence-electron chi connectivity index (χ0n) is 26.8. The molecule has 4 amide bonds. The number of piperazine rings is 1. The molecule has 1 unspecified atom stereocenters. The SMILES string of the molecule is O=C(CC(Cc1cc(Cl)c(O)c(C(F)(F)F)c1)C(=O)N1CCN(C2CCNCC2)CC1)N1CCC(N2Cc3ccccc3NC2=O)CC1. The quantitative estimate of drug-likeness (QED) is 0.394. The third-order valence-corrected chi connectivity index (χ3v) is 10.5. The van der Waals surface area contributed by atoms with Gasteiger partial charge in [-0.15, -0.1) is 0 Å². The van der Waals surface area contributed by atoms with Crippen LogP contribution in [0.1, 0.15) is 48.8 Å². The maximum absolute atomic E-state index is 14.0. The predicted octanol–water partition coefficient (Wildman–Crippen LogP) is 4.55. The fourth-order valence-electron chi connectivity index (χ4n) is 7.54. The number of aromatic hydroxyl groups is 1. The molecule has 1 atom stereocenters. The molecule has 4 aliphatic rings. The number of fused-ring (bicyclic) bond motifs is 1. The Morgan fingerprint density at radius 1 is 0.938 bits per heavy atom. The highest BCUT2D eigenvalue weighted by Gasteiger charge is 2.38. The number of hydrogen-bond donors (Lipinski definition) is 3. The van der Waals surface area contributed by atoms with Gasteiger partial charge in [0.1, 0.15) is 5.75 Å². The number of carbonyl (C=O) groups is 3. The van der Waals surface area contributed by atoms with E-state index in [1.807, 2.05) is 24.3 Å². The van der Waals surface area contributed by atoms with Crippen molar-refractivity contribution < 1.29 is 32.7 Å². The number of likely N-dealkylation sites (tertiary alicyclic amines) is 1. The Kier molecular flexibility index (Phi) is 10.4. The molecule has 4 heterocycles. The minimum atomic E-state index is -4.85. The number of urea groups is 1. The summed E-state index contributed by atoms with van der Waals surface area (Å²) in [5.41, 5.74) is 0.674. The lowest BCUT2D eigenvalue weighted by molar-refractivity contribution is -0.143. The van der Waals surface area contributed by atoms with Gasteiger partial charge in [-0.1, -0.05) is 29.8 Å². The molecule has 3 fully saturated rings. The molecule has 2 aromatic carbocycles. The standard InChI is InChI=1S/C34H42ClF3N6O4/c35-28-19-22(18-27(31(28)46)34(36,37)38)17-24(32(47)43-15-13-41(14-16-43)25-5-9-39-10-6-25)20-30(45)42-11-7-26(8-12-42)44-21-23-3-1-2-4-29(23)40-33(44)48/h1-4,18-19,24-26,39,46H,5-17,20-21H2,(H,40,48). The van der Waals surface area contributed by atoms with Crippen LogP contribution in [-0.2, 0) is 28.7 Å². The van der Waals surface area contributed by atoms with Crippen LogP contribution in [0.4, 0.5) is 23.7 Å². The largest absolute Gasteiger partial charge is 0.506 e. The summed E-state index contributed by atoms with van der Waals surface area (Å²) in [6.07, 6.45) is -1.92. The number of amides is 4. The topological polar surface area (TPSA) is 108 Å². The average molecular weight is 691 g/mol. The summed E-state index contributed by atoms with van der Waals surface area (Å²) >= 11 is 6.01. The van der Waals surface area contributed by atoms with Crippen LogP contribution in [0.25, 0.3) is 0 Å². The molecular formula is C34H42ClF3N6O4. The van der Waals surface area contributed by atoms with Crippen molar-refractivity contribution in [2.24, 2.45) is 5.92 Å². The summed E-state index contributed by atoms with van der Waals surface area (Å²) in [4.78, 5) is 48.2. The molecule has 10 nitrogen and oxygen atoms in total. The smallest absolute Gasteiger partial charge is 0.420 e. The van der Waals surface area contributed by atoms with E-state index in [0.29, 0.717) is 64.7 Å². The molecule has 14 heteroatoms. The van der Waals surface area contributed by atoms with Gasteiger partial charge in [0, 0.05) is 70.0 Å². The number of para-hydroxylation sites is 1. The zero-order valence-corrected chi connectivity index (χ0v) is 27.5. The fourth-order valence-corrected chi connectivity index (χ4v) is 7.78. The number of rotatable bonds is 7. The minimum Gasteiger partial charge on any atom is -0.506 e. The normalized spacial score (nSPS) is 20.8. The third-order valence-electron chi connectivity index (χ3n) is 10.3. The molecule has 0 bridgehead atoms. The van der Waals surface area contributed by atoms with E-state index in [2.05, 4.69) is 15.5 Å². The lowest BCUT2D eigenvalue weighted by Gasteiger charge is -2.42. The third kappa shape index (κ3) is 7.68. The molecular weight excluding hydrogens is 649 g/mol. The molecule has 48 heavy (non-hydrogen) atoms. The Bertz CT molecular complexity index is 1500. The number of phenols is 1. The number of hydrogen-bond acceptors (Lipinski definition) is 6. The molecule has 4 aliphatic heterocycles. The van der Waals surface area contributed by atoms with Crippen LogP contribution in [0.3, 0.4) is 0 Å². The molecule has 3 saturated heterocycles. The Balaban J connectivity index is 1.13. The summed E-state index contributed by atoms with van der Waals surface area (Å²) < 4.78 is 41.1. The molecule has 0 radical (unpaired) electrons. The second-order valence-corrected chi connectivity index (χ2v) is 13.7. The summed E-state index contributed by atoms with van der Waals surface area (Å²) in [7, 11) is 0. The first-order valence-electron chi connectivity index (χ1n) is 16.7. The van der Waals surface area contributed by atoms with Crippen LogP contribution in [0.15, 0.2) is 36.4 Å². The summed E-state index contributed by atoms with van der Waals surface area (Å²) in [5.74, 6) is -2.50. The van der Waals surface area contributed by atoms with Crippen LogP contribution in [-0.4, -0.2) is 107 Å². The Labute approximate surface area is 283 Å². The molecule has 2 aromatic rings. The maximum atomic E-state index is 14.0. The van der Waals surface area contributed by atoms with Gasteiger partial charge in [0.05, 0.1) is 16.5 Å². The zero-order chi connectivity index (χ0) is 34.0.